The molecule has 30 heavy (non-hydrogen) atoms. The van der Waals surface area contributed by atoms with Crippen LogP contribution in [0.1, 0.15) is 18.1 Å². The smallest absolute Gasteiger partial charge is 0.191 e. The Hall–Kier alpha value is -3.25. The minimum absolute atomic E-state index is 0.243. The SMILES string of the molecule is CCn1c(SCc2ccc(OCc3ccccc3)cc2)nnc1-c1ccc(O)cc1. The van der Waals surface area contributed by atoms with E-state index in [0.29, 0.717) is 6.61 Å². The standard InChI is InChI=1S/C24H23N3O2S/c1-2-27-23(20-10-12-21(28)13-11-20)25-26-24(27)30-17-19-8-14-22(15-9-19)29-16-18-6-4-3-5-7-18/h3-15,28H,2,16-17H2,1H3. The average Bonchev–Trinajstić information content (AvgIpc) is 3.21. The van der Waals surface area contributed by atoms with Crippen molar-refractivity contribution in [3.8, 4) is 22.9 Å². The summed E-state index contributed by atoms with van der Waals surface area (Å²) >= 11 is 1.66. The molecule has 0 amide bonds. The van der Waals surface area contributed by atoms with Gasteiger partial charge in [-0.25, -0.2) is 0 Å². The van der Waals surface area contributed by atoms with E-state index < -0.39 is 0 Å². The van der Waals surface area contributed by atoms with Gasteiger partial charge in [0.1, 0.15) is 18.1 Å². The van der Waals surface area contributed by atoms with Crippen molar-refractivity contribution in [2.75, 3.05) is 0 Å². The molecule has 0 radical (unpaired) electrons. The van der Waals surface area contributed by atoms with Crippen LogP contribution in [-0.2, 0) is 18.9 Å². The second-order valence-electron chi connectivity index (χ2n) is 6.80. The summed E-state index contributed by atoms with van der Waals surface area (Å²) in [7, 11) is 0. The van der Waals surface area contributed by atoms with Gasteiger partial charge in [-0.15, -0.1) is 10.2 Å². The van der Waals surface area contributed by atoms with Crippen LogP contribution in [0.2, 0.25) is 0 Å². The summed E-state index contributed by atoms with van der Waals surface area (Å²) in [6.07, 6.45) is 0. The normalized spacial score (nSPS) is 10.8. The predicted molar refractivity (Wildman–Crippen MR) is 120 cm³/mol. The van der Waals surface area contributed by atoms with E-state index in [2.05, 4.69) is 46.0 Å². The van der Waals surface area contributed by atoms with E-state index in [1.54, 1.807) is 23.9 Å². The van der Waals surface area contributed by atoms with Crippen LogP contribution in [0.5, 0.6) is 11.5 Å². The predicted octanol–water partition coefficient (Wildman–Crippen LogP) is 5.54. The molecule has 152 valence electrons. The number of hydrogen-bond acceptors (Lipinski definition) is 5. The molecule has 0 bridgehead atoms. The maximum atomic E-state index is 9.50. The third-order valence-corrected chi connectivity index (χ3v) is 5.74. The maximum Gasteiger partial charge on any atom is 0.191 e. The number of rotatable bonds is 8. The zero-order chi connectivity index (χ0) is 20.8. The minimum atomic E-state index is 0.243. The highest BCUT2D eigenvalue weighted by molar-refractivity contribution is 7.98. The summed E-state index contributed by atoms with van der Waals surface area (Å²) in [5, 5.41) is 19.1. The summed E-state index contributed by atoms with van der Waals surface area (Å²) in [5.41, 5.74) is 3.29. The van der Waals surface area contributed by atoms with Crippen LogP contribution in [0.15, 0.2) is 84.0 Å². The van der Waals surface area contributed by atoms with Crippen LogP contribution >= 0.6 is 11.8 Å². The average molecular weight is 418 g/mol. The van der Waals surface area contributed by atoms with Crippen LogP contribution in [-0.4, -0.2) is 19.9 Å². The van der Waals surface area contributed by atoms with Gasteiger partial charge in [0.05, 0.1) is 0 Å². The Bertz CT molecular complexity index is 1080. The minimum Gasteiger partial charge on any atom is -0.508 e. The number of benzene rings is 3. The van der Waals surface area contributed by atoms with Gasteiger partial charge in [0, 0.05) is 17.9 Å². The molecule has 0 aliphatic carbocycles. The van der Waals surface area contributed by atoms with Crippen molar-refractivity contribution < 1.29 is 9.84 Å². The highest BCUT2D eigenvalue weighted by atomic mass is 32.2. The monoisotopic (exact) mass is 417 g/mol. The van der Waals surface area contributed by atoms with Crippen molar-refractivity contribution >= 4 is 11.8 Å². The van der Waals surface area contributed by atoms with Crippen LogP contribution in [0.4, 0.5) is 0 Å². The summed E-state index contributed by atoms with van der Waals surface area (Å²) < 4.78 is 7.95. The Morgan fingerprint density at radius 3 is 2.30 bits per heavy atom. The molecule has 0 saturated heterocycles. The third kappa shape index (κ3) is 4.83. The molecule has 6 heteroatoms. The second kappa shape index (κ2) is 9.50. The van der Waals surface area contributed by atoms with Crippen molar-refractivity contribution in [2.24, 2.45) is 0 Å². The lowest BCUT2D eigenvalue weighted by molar-refractivity contribution is 0.306. The summed E-state index contributed by atoms with van der Waals surface area (Å²) in [5.74, 6) is 2.71. The van der Waals surface area contributed by atoms with Gasteiger partial charge < -0.3 is 14.4 Å². The Kier molecular flexibility index (Phi) is 6.35. The fourth-order valence-corrected chi connectivity index (χ4v) is 4.03. The highest BCUT2D eigenvalue weighted by Gasteiger charge is 2.13. The Morgan fingerprint density at radius 2 is 1.60 bits per heavy atom. The fraction of sp³-hybridized carbons (Fsp3) is 0.167. The van der Waals surface area contributed by atoms with E-state index in [1.165, 1.54) is 5.56 Å². The number of phenolic OH excluding ortho intramolecular Hbond substituents is 1. The van der Waals surface area contributed by atoms with Gasteiger partial charge in [-0.2, -0.15) is 0 Å². The maximum absolute atomic E-state index is 9.50. The molecule has 0 saturated carbocycles. The van der Waals surface area contributed by atoms with Gasteiger partial charge in [0.25, 0.3) is 0 Å². The van der Waals surface area contributed by atoms with Crippen molar-refractivity contribution in [3.05, 3.63) is 90.0 Å². The van der Waals surface area contributed by atoms with Crippen molar-refractivity contribution in [3.63, 3.8) is 0 Å². The van der Waals surface area contributed by atoms with Gasteiger partial charge in [-0.05, 0) is 54.4 Å². The van der Waals surface area contributed by atoms with Crippen LogP contribution in [0.3, 0.4) is 0 Å². The second-order valence-corrected chi connectivity index (χ2v) is 7.75. The number of aromatic hydroxyl groups is 1. The largest absolute Gasteiger partial charge is 0.508 e. The molecule has 0 fully saturated rings. The van der Waals surface area contributed by atoms with Crippen LogP contribution in [0.25, 0.3) is 11.4 Å². The van der Waals surface area contributed by atoms with Gasteiger partial charge in [0.2, 0.25) is 0 Å². The number of hydrogen-bond donors (Lipinski definition) is 1. The molecule has 1 N–H and O–H groups in total. The molecule has 1 aromatic heterocycles. The number of phenols is 1. The van der Waals surface area contributed by atoms with E-state index in [0.717, 1.165) is 40.2 Å². The van der Waals surface area contributed by atoms with E-state index in [1.807, 2.05) is 42.5 Å². The quantitative estimate of drug-likeness (QED) is 0.381. The Morgan fingerprint density at radius 1 is 0.867 bits per heavy atom. The highest BCUT2D eigenvalue weighted by Crippen LogP contribution is 2.27. The molecule has 5 nitrogen and oxygen atoms in total. The molecular weight excluding hydrogens is 394 g/mol. The van der Waals surface area contributed by atoms with Gasteiger partial charge in [0.15, 0.2) is 11.0 Å². The lowest BCUT2D eigenvalue weighted by Gasteiger charge is -2.09. The van der Waals surface area contributed by atoms with Crippen LogP contribution in [0, 0.1) is 0 Å². The number of ether oxygens (including phenoxy) is 1. The number of thioether (sulfide) groups is 1. The molecule has 0 unspecified atom stereocenters. The number of aromatic nitrogens is 3. The molecule has 4 aromatic rings. The first-order valence-corrected chi connectivity index (χ1v) is 10.8. The molecule has 0 aliphatic rings. The van der Waals surface area contributed by atoms with E-state index >= 15 is 0 Å². The lowest BCUT2D eigenvalue weighted by Crippen LogP contribution is -2.00. The summed E-state index contributed by atoms with van der Waals surface area (Å²) in [6, 6.07) is 25.4. The zero-order valence-electron chi connectivity index (χ0n) is 16.7. The molecule has 0 aliphatic heterocycles. The summed E-state index contributed by atoms with van der Waals surface area (Å²) in [4.78, 5) is 0. The third-order valence-electron chi connectivity index (χ3n) is 4.70. The molecule has 0 atom stereocenters. The van der Waals surface area contributed by atoms with E-state index in [9.17, 15) is 5.11 Å². The van der Waals surface area contributed by atoms with Crippen molar-refractivity contribution in [1.29, 1.82) is 0 Å². The zero-order valence-corrected chi connectivity index (χ0v) is 17.5. The van der Waals surface area contributed by atoms with Gasteiger partial charge in [-0.1, -0.05) is 54.2 Å². The van der Waals surface area contributed by atoms with E-state index in [-0.39, 0.29) is 5.75 Å². The van der Waals surface area contributed by atoms with Gasteiger partial charge >= 0.3 is 0 Å². The summed E-state index contributed by atoms with van der Waals surface area (Å²) in [6.45, 7) is 3.42. The lowest BCUT2D eigenvalue weighted by atomic mass is 10.2. The topological polar surface area (TPSA) is 60.2 Å². The molecule has 4 rings (SSSR count). The molecule has 0 spiro atoms. The van der Waals surface area contributed by atoms with Crippen molar-refractivity contribution in [1.82, 2.24) is 14.8 Å². The first kappa shape index (κ1) is 20.0. The fourth-order valence-electron chi connectivity index (χ4n) is 3.08. The Labute approximate surface area is 180 Å². The van der Waals surface area contributed by atoms with Gasteiger partial charge in [-0.3, -0.25) is 0 Å². The van der Waals surface area contributed by atoms with Crippen LogP contribution < -0.4 is 4.74 Å². The first-order chi connectivity index (χ1) is 14.7. The number of nitrogens with zero attached hydrogens (tertiary/aromatic N) is 3. The van der Waals surface area contributed by atoms with E-state index in [4.69, 9.17) is 4.74 Å². The molecule has 1 heterocycles. The Balaban J connectivity index is 1.38. The first-order valence-electron chi connectivity index (χ1n) is 9.84. The van der Waals surface area contributed by atoms with Crippen molar-refractivity contribution in [2.45, 2.75) is 31.0 Å². The molecular formula is C24H23N3O2S. The molecule has 3 aromatic carbocycles.